The molecule has 1 fully saturated rings. The van der Waals surface area contributed by atoms with E-state index >= 15 is 0 Å². The van der Waals surface area contributed by atoms with Crippen LogP contribution in [0.1, 0.15) is 12.8 Å². The van der Waals surface area contributed by atoms with Gasteiger partial charge >= 0.3 is 0 Å². The molecule has 0 saturated carbocycles. The summed E-state index contributed by atoms with van der Waals surface area (Å²) in [5, 5.41) is 0.682. The first-order valence-electron chi connectivity index (χ1n) is 9.25. The fourth-order valence-electron chi connectivity index (χ4n) is 3.85. The van der Waals surface area contributed by atoms with Crippen molar-refractivity contribution in [2.75, 3.05) is 39.3 Å². The number of nitrogens with zero attached hydrogens (tertiary/aromatic N) is 2. The highest BCUT2D eigenvalue weighted by molar-refractivity contribution is 9.11. The molecule has 0 aromatic heterocycles. The number of halogens is 2. The van der Waals surface area contributed by atoms with Gasteiger partial charge in [-0.05, 0) is 66.0 Å². The smallest absolute Gasteiger partial charge is 0.163 e. The summed E-state index contributed by atoms with van der Waals surface area (Å²) in [5.41, 5.74) is 0. The van der Waals surface area contributed by atoms with Gasteiger partial charge in [0.25, 0.3) is 0 Å². The molecule has 3 aliphatic heterocycles. The van der Waals surface area contributed by atoms with Gasteiger partial charge in [0.05, 0.1) is 0 Å². The molecule has 26 heavy (non-hydrogen) atoms. The second-order valence-electron chi connectivity index (χ2n) is 7.26. The lowest BCUT2D eigenvalue weighted by atomic mass is 9.96. The number of hydrogen-bond acceptors (Lipinski definition) is 4. The minimum Gasteiger partial charge on any atom is -0.486 e. The number of fused-ring (bicyclic) bond motifs is 1. The van der Waals surface area contributed by atoms with Crippen molar-refractivity contribution in [2.45, 2.75) is 18.9 Å². The summed E-state index contributed by atoms with van der Waals surface area (Å²) in [6, 6.07) is 5.55. The average Bonchev–Trinajstić information content (AvgIpc) is 2.63. The summed E-state index contributed by atoms with van der Waals surface area (Å²) in [6.07, 6.45) is 9.09. The number of likely N-dealkylation sites (tertiary alicyclic amines) is 1. The van der Waals surface area contributed by atoms with Crippen molar-refractivity contribution >= 4 is 27.5 Å². The zero-order valence-corrected chi connectivity index (χ0v) is 17.1. The molecule has 1 aromatic carbocycles. The van der Waals surface area contributed by atoms with Crippen LogP contribution in [0.5, 0.6) is 11.5 Å². The van der Waals surface area contributed by atoms with Crippen LogP contribution in [0.15, 0.2) is 41.0 Å². The van der Waals surface area contributed by atoms with Crippen molar-refractivity contribution in [3.8, 4) is 11.5 Å². The van der Waals surface area contributed by atoms with E-state index in [1.165, 1.54) is 12.8 Å². The van der Waals surface area contributed by atoms with E-state index in [0.717, 1.165) is 54.6 Å². The standard InChI is InChI=1S/C20H24BrClN2O2/c21-16-2-1-7-24(12-16)11-15-5-8-23(9-6-15)13-18-14-25-19-4-3-17(22)10-20(19)26-18/h1-4,10,12,15,18H,5-9,11,13-14H2. The van der Waals surface area contributed by atoms with Crippen molar-refractivity contribution in [3.05, 3.63) is 46.1 Å². The summed E-state index contributed by atoms with van der Waals surface area (Å²) < 4.78 is 13.1. The largest absolute Gasteiger partial charge is 0.486 e. The molecule has 4 rings (SSSR count). The van der Waals surface area contributed by atoms with Gasteiger partial charge in [0, 0.05) is 41.4 Å². The number of allylic oxidation sites excluding steroid dienone is 2. The van der Waals surface area contributed by atoms with E-state index in [2.05, 4.69) is 44.1 Å². The van der Waals surface area contributed by atoms with Gasteiger partial charge in [-0.15, -0.1) is 0 Å². The summed E-state index contributed by atoms with van der Waals surface area (Å²) in [4.78, 5) is 4.91. The van der Waals surface area contributed by atoms with Gasteiger partial charge in [0.2, 0.25) is 0 Å². The van der Waals surface area contributed by atoms with Gasteiger partial charge in [-0.25, -0.2) is 0 Å². The number of piperidine rings is 1. The lowest BCUT2D eigenvalue weighted by Crippen LogP contribution is -2.45. The molecule has 0 aliphatic carbocycles. The van der Waals surface area contributed by atoms with E-state index in [1.807, 2.05) is 18.2 Å². The zero-order chi connectivity index (χ0) is 17.9. The van der Waals surface area contributed by atoms with Crippen molar-refractivity contribution in [1.29, 1.82) is 0 Å². The normalized spacial score (nSPS) is 23.8. The van der Waals surface area contributed by atoms with Gasteiger partial charge in [-0.3, -0.25) is 4.90 Å². The minimum atomic E-state index is 0.0728. The van der Waals surface area contributed by atoms with Gasteiger partial charge in [-0.1, -0.05) is 17.7 Å². The molecule has 1 aromatic rings. The summed E-state index contributed by atoms with van der Waals surface area (Å²) in [6.45, 7) is 5.93. The average molecular weight is 440 g/mol. The van der Waals surface area contributed by atoms with Crippen LogP contribution >= 0.6 is 27.5 Å². The second kappa shape index (κ2) is 8.24. The van der Waals surface area contributed by atoms with Gasteiger partial charge in [-0.2, -0.15) is 0 Å². The van der Waals surface area contributed by atoms with Crippen LogP contribution in [0.3, 0.4) is 0 Å². The second-order valence-corrected chi connectivity index (χ2v) is 8.61. The molecular weight excluding hydrogens is 416 g/mol. The Morgan fingerprint density at radius 3 is 2.81 bits per heavy atom. The molecule has 1 atom stereocenters. The predicted octanol–water partition coefficient (Wildman–Crippen LogP) is 4.30. The summed E-state index contributed by atoms with van der Waals surface area (Å²) >= 11 is 9.62. The third-order valence-electron chi connectivity index (χ3n) is 5.21. The maximum atomic E-state index is 6.10. The molecule has 0 N–H and O–H groups in total. The van der Waals surface area contributed by atoms with Crippen LogP contribution in [0.25, 0.3) is 0 Å². The minimum absolute atomic E-state index is 0.0728. The van der Waals surface area contributed by atoms with Crippen LogP contribution in [0, 0.1) is 5.92 Å². The molecule has 0 radical (unpaired) electrons. The van der Waals surface area contributed by atoms with Crippen molar-refractivity contribution < 1.29 is 9.47 Å². The van der Waals surface area contributed by atoms with Gasteiger partial charge in [0.1, 0.15) is 12.7 Å². The highest BCUT2D eigenvalue weighted by Gasteiger charge is 2.27. The third-order valence-corrected chi connectivity index (χ3v) is 5.91. The third kappa shape index (κ3) is 4.56. The van der Waals surface area contributed by atoms with E-state index in [9.17, 15) is 0 Å². The maximum absolute atomic E-state index is 6.10. The van der Waals surface area contributed by atoms with Crippen LogP contribution in [0.2, 0.25) is 5.02 Å². The van der Waals surface area contributed by atoms with E-state index in [0.29, 0.717) is 11.6 Å². The van der Waals surface area contributed by atoms with Crippen LogP contribution in [-0.2, 0) is 0 Å². The van der Waals surface area contributed by atoms with E-state index in [-0.39, 0.29) is 6.10 Å². The molecule has 0 spiro atoms. The van der Waals surface area contributed by atoms with Crippen molar-refractivity contribution in [2.24, 2.45) is 5.92 Å². The van der Waals surface area contributed by atoms with Crippen LogP contribution in [0.4, 0.5) is 0 Å². The quantitative estimate of drug-likeness (QED) is 0.698. The Hall–Kier alpha value is -1.17. The Labute approximate surface area is 168 Å². The molecule has 3 heterocycles. The summed E-state index contributed by atoms with van der Waals surface area (Å²) in [5.74, 6) is 2.32. The van der Waals surface area contributed by atoms with Crippen LogP contribution < -0.4 is 9.47 Å². The fraction of sp³-hybridized carbons (Fsp3) is 0.500. The zero-order valence-electron chi connectivity index (χ0n) is 14.7. The van der Waals surface area contributed by atoms with Gasteiger partial charge in [0.15, 0.2) is 11.5 Å². The SMILES string of the molecule is Clc1ccc2c(c1)OC(CN1CCC(CN3C=C(Br)C=CC3)CC1)CO2. The Morgan fingerprint density at radius 1 is 1.15 bits per heavy atom. The molecule has 4 nitrogen and oxygen atoms in total. The first-order valence-corrected chi connectivity index (χ1v) is 10.4. The Kier molecular flexibility index (Phi) is 5.77. The number of rotatable bonds is 4. The Balaban J connectivity index is 1.24. The van der Waals surface area contributed by atoms with Gasteiger partial charge < -0.3 is 14.4 Å². The highest BCUT2D eigenvalue weighted by atomic mass is 79.9. The first-order chi connectivity index (χ1) is 12.7. The lowest BCUT2D eigenvalue weighted by Gasteiger charge is -2.37. The molecule has 140 valence electrons. The topological polar surface area (TPSA) is 24.9 Å². The molecule has 3 aliphatic rings. The molecule has 1 unspecified atom stereocenters. The van der Waals surface area contributed by atoms with Crippen LogP contribution in [-0.4, -0.2) is 55.2 Å². The van der Waals surface area contributed by atoms with E-state index in [4.69, 9.17) is 21.1 Å². The number of hydrogen-bond donors (Lipinski definition) is 0. The highest BCUT2D eigenvalue weighted by Crippen LogP contribution is 2.34. The van der Waals surface area contributed by atoms with Crippen molar-refractivity contribution in [1.82, 2.24) is 9.80 Å². The molecule has 6 heteroatoms. The van der Waals surface area contributed by atoms with E-state index in [1.54, 1.807) is 0 Å². The predicted molar refractivity (Wildman–Crippen MR) is 108 cm³/mol. The van der Waals surface area contributed by atoms with E-state index < -0.39 is 0 Å². The maximum Gasteiger partial charge on any atom is 0.163 e. The molecule has 1 saturated heterocycles. The molecular formula is C20H24BrClN2O2. The van der Waals surface area contributed by atoms with Crippen molar-refractivity contribution in [3.63, 3.8) is 0 Å². The first kappa shape index (κ1) is 18.2. The summed E-state index contributed by atoms with van der Waals surface area (Å²) in [7, 11) is 0. The lowest BCUT2D eigenvalue weighted by molar-refractivity contribution is 0.0461. The number of ether oxygens (including phenoxy) is 2. The molecule has 0 bridgehead atoms. The Morgan fingerprint density at radius 2 is 2.00 bits per heavy atom. The monoisotopic (exact) mass is 438 g/mol. The Bertz CT molecular complexity index is 701. The number of benzene rings is 1. The molecule has 0 amide bonds. The fourth-order valence-corrected chi connectivity index (χ4v) is 4.49.